The number of primary amides is 1. The van der Waals surface area contributed by atoms with Gasteiger partial charge in [0.2, 0.25) is 0 Å². The molecule has 1 aliphatic carbocycles. The summed E-state index contributed by atoms with van der Waals surface area (Å²) in [5, 5.41) is 9.61. The maximum Gasteiger partial charge on any atom is 0.319 e. The first-order valence-electron chi connectivity index (χ1n) is 7.05. The van der Waals surface area contributed by atoms with E-state index in [1.54, 1.807) is 10.9 Å². The molecule has 1 aliphatic rings. The fraction of sp³-hybridized carbons (Fsp3) is 0.615. The highest BCUT2D eigenvalue weighted by atomic mass is 16.2. The molecule has 1 heterocycles. The van der Waals surface area contributed by atoms with Crippen LogP contribution in [0.15, 0.2) is 6.20 Å². The molecule has 110 valence electrons. The fourth-order valence-corrected chi connectivity index (χ4v) is 2.45. The SMILES string of the molecule is CCn1cc(NC(=O)NC2CCCCC2)c(C(N)=O)n1. The van der Waals surface area contributed by atoms with E-state index in [0.717, 1.165) is 25.7 Å². The topological polar surface area (TPSA) is 102 Å². The van der Waals surface area contributed by atoms with Crippen LogP contribution in [-0.4, -0.2) is 27.8 Å². The van der Waals surface area contributed by atoms with Gasteiger partial charge < -0.3 is 16.4 Å². The highest BCUT2D eigenvalue weighted by Gasteiger charge is 2.19. The number of carbonyl (C=O) groups excluding carboxylic acids is 2. The molecule has 3 amide bonds. The predicted molar refractivity (Wildman–Crippen MR) is 75.4 cm³/mol. The minimum Gasteiger partial charge on any atom is -0.364 e. The van der Waals surface area contributed by atoms with Crippen LogP contribution in [0, 0.1) is 0 Å². The minimum atomic E-state index is -0.648. The summed E-state index contributed by atoms with van der Waals surface area (Å²) in [4.78, 5) is 23.2. The Morgan fingerprint density at radius 3 is 2.70 bits per heavy atom. The molecule has 1 aromatic rings. The van der Waals surface area contributed by atoms with E-state index in [0.29, 0.717) is 12.2 Å². The first-order chi connectivity index (χ1) is 9.60. The smallest absolute Gasteiger partial charge is 0.319 e. The number of amides is 3. The van der Waals surface area contributed by atoms with Crippen LogP contribution >= 0.6 is 0 Å². The Balaban J connectivity index is 1.99. The van der Waals surface area contributed by atoms with E-state index in [1.807, 2.05) is 6.92 Å². The van der Waals surface area contributed by atoms with Crippen LogP contribution < -0.4 is 16.4 Å². The average molecular weight is 279 g/mol. The van der Waals surface area contributed by atoms with Gasteiger partial charge in [-0.25, -0.2) is 4.79 Å². The highest BCUT2D eigenvalue weighted by Crippen LogP contribution is 2.18. The van der Waals surface area contributed by atoms with Crippen molar-refractivity contribution in [3.63, 3.8) is 0 Å². The van der Waals surface area contributed by atoms with Gasteiger partial charge in [0.15, 0.2) is 5.69 Å². The van der Waals surface area contributed by atoms with Gasteiger partial charge >= 0.3 is 6.03 Å². The number of anilines is 1. The lowest BCUT2D eigenvalue weighted by molar-refractivity contribution is 0.0995. The maximum atomic E-state index is 11.9. The number of nitrogens with one attached hydrogen (secondary N) is 2. The number of nitrogens with zero attached hydrogens (tertiary/aromatic N) is 2. The summed E-state index contributed by atoms with van der Waals surface area (Å²) < 4.78 is 1.57. The fourth-order valence-electron chi connectivity index (χ4n) is 2.45. The van der Waals surface area contributed by atoms with Gasteiger partial charge in [-0.3, -0.25) is 9.48 Å². The number of hydrogen-bond acceptors (Lipinski definition) is 3. The molecule has 0 atom stereocenters. The van der Waals surface area contributed by atoms with Gasteiger partial charge in [0.1, 0.15) is 0 Å². The molecule has 0 aromatic carbocycles. The van der Waals surface area contributed by atoms with Gasteiger partial charge in [-0.1, -0.05) is 19.3 Å². The number of rotatable bonds is 4. The molecule has 1 saturated carbocycles. The van der Waals surface area contributed by atoms with Crippen molar-refractivity contribution in [2.24, 2.45) is 5.73 Å². The molecular weight excluding hydrogens is 258 g/mol. The Bertz CT molecular complexity index is 491. The standard InChI is InChI=1S/C13H21N5O2/c1-2-18-8-10(11(17-18)12(14)19)16-13(20)15-9-6-4-3-5-7-9/h8-9H,2-7H2,1H3,(H2,14,19)(H2,15,16,20). The second kappa shape index (κ2) is 6.40. The third kappa shape index (κ3) is 3.49. The lowest BCUT2D eigenvalue weighted by atomic mass is 9.96. The van der Waals surface area contributed by atoms with E-state index in [9.17, 15) is 9.59 Å². The van der Waals surface area contributed by atoms with E-state index >= 15 is 0 Å². The molecule has 1 aromatic heterocycles. The highest BCUT2D eigenvalue weighted by molar-refractivity contribution is 6.01. The Morgan fingerprint density at radius 2 is 2.10 bits per heavy atom. The van der Waals surface area contributed by atoms with Gasteiger partial charge in [-0.05, 0) is 19.8 Å². The first kappa shape index (κ1) is 14.4. The molecule has 7 heteroatoms. The summed E-state index contributed by atoms with van der Waals surface area (Å²) in [6.45, 7) is 2.50. The molecular formula is C13H21N5O2. The van der Waals surface area contributed by atoms with E-state index < -0.39 is 5.91 Å². The summed E-state index contributed by atoms with van der Waals surface area (Å²) in [5.74, 6) is -0.648. The summed E-state index contributed by atoms with van der Waals surface area (Å²) in [5.41, 5.74) is 5.70. The molecule has 0 bridgehead atoms. The number of urea groups is 1. The normalized spacial score (nSPS) is 15.8. The van der Waals surface area contributed by atoms with Gasteiger partial charge in [0.05, 0.1) is 5.69 Å². The van der Waals surface area contributed by atoms with Crippen LogP contribution in [0.3, 0.4) is 0 Å². The van der Waals surface area contributed by atoms with Crippen molar-refractivity contribution < 1.29 is 9.59 Å². The monoisotopic (exact) mass is 279 g/mol. The van der Waals surface area contributed by atoms with Gasteiger partial charge in [-0.2, -0.15) is 5.10 Å². The van der Waals surface area contributed by atoms with E-state index in [4.69, 9.17) is 5.73 Å². The third-order valence-electron chi connectivity index (χ3n) is 3.51. The van der Waals surface area contributed by atoms with E-state index in [-0.39, 0.29) is 17.8 Å². The van der Waals surface area contributed by atoms with E-state index in [2.05, 4.69) is 15.7 Å². The molecule has 1 fully saturated rings. The van der Waals surface area contributed by atoms with Crippen LogP contribution in [0.4, 0.5) is 10.5 Å². The van der Waals surface area contributed by atoms with E-state index in [1.165, 1.54) is 6.42 Å². The summed E-state index contributed by atoms with van der Waals surface area (Å²) in [7, 11) is 0. The molecule has 0 spiro atoms. The van der Waals surface area contributed by atoms with Crippen LogP contribution in [0.25, 0.3) is 0 Å². The zero-order valence-electron chi connectivity index (χ0n) is 11.7. The molecule has 0 aliphatic heterocycles. The van der Waals surface area contributed by atoms with Crippen molar-refractivity contribution >= 4 is 17.6 Å². The van der Waals surface area contributed by atoms with Gasteiger partial charge in [0, 0.05) is 18.8 Å². The minimum absolute atomic E-state index is 0.0886. The quantitative estimate of drug-likeness (QED) is 0.777. The summed E-state index contributed by atoms with van der Waals surface area (Å²) in [6, 6.07) is -0.1000. The zero-order chi connectivity index (χ0) is 14.5. The van der Waals surface area contributed by atoms with Crippen molar-refractivity contribution in [2.45, 2.75) is 51.6 Å². The Hall–Kier alpha value is -2.05. The molecule has 20 heavy (non-hydrogen) atoms. The Morgan fingerprint density at radius 1 is 1.40 bits per heavy atom. The van der Waals surface area contributed by atoms with Crippen LogP contribution in [0.2, 0.25) is 0 Å². The summed E-state index contributed by atoms with van der Waals surface area (Å²) in [6.07, 6.45) is 7.14. The lowest BCUT2D eigenvalue weighted by Gasteiger charge is -2.22. The van der Waals surface area contributed by atoms with Crippen LogP contribution in [-0.2, 0) is 6.54 Å². The zero-order valence-corrected chi connectivity index (χ0v) is 11.7. The maximum absolute atomic E-state index is 11.9. The van der Waals surface area contributed by atoms with Crippen molar-refractivity contribution in [2.75, 3.05) is 5.32 Å². The number of aromatic nitrogens is 2. The second-order valence-corrected chi connectivity index (χ2v) is 5.04. The molecule has 4 N–H and O–H groups in total. The summed E-state index contributed by atoms with van der Waals surface area (Å²) >= 11 is 0. The number of aryl methyl sites for hydroxylation is 1. The van der Waals surface area contributed by atoms with Crippen molar-refractivity contribution in [1.82, 2.24) is 15.1 Å². The van der Waals surface area contributed by atoms with Crippen LogP contribution in [0.1, 0.15) is 49.5 Å². The molecule has 0 radical (unpaired) electrons. The lowest BCUT2D eigenvalue weighted by Crippen LogP contribution is -2.39. The Kier molecular flexibility index (Phi) is 4.60. The number of hydrogen-bond donors (Lipinski definition) is 3. The largest absolute Gasteiger partial charge is 0.364 e. The number of nitrogens with two attached hydrogens (primary N) is 1. The Labute approximate surface area is 117 Å². The second-order valence-electron chi connectivity index (χ2n) is 5.04. The first-order valence-corrected chi connectivity index (χ1v) is 7.05. The van der Waals surface area contributed by atoms with Gasteiger partial charge in [0.25, 0.3) is 5.91 Å². The van der Waals surface area contributed by atoms with Crippen molar-refractivity contribution in [3.05, 3.63) is 11.9 Å². The predicted octanol–water partition coefficient (Wildman–Crippen LogP) is 1.46. The van der Waals surface area contributed by atoms with Crippen molar-refractivity contribution in [1.29, 1.82) is 0 Å². The molecule has 7 nitrogen and oxygen atoms in total. The third-order valence-corrected chi connectivity index (χ3v) is 3.51. The molecule has 0 unspecified atom stereocenters. The van der Waals surface area contributed by atoms with Gasteiger partial charge in [-0.15, -0.1) is 0 Å². The molecule has 0 saturated heterocycles. The van der Waals surface area contributed by atoms with Crippen LogP contribution in [0.5, 0.6) is 0 Å². The average Bonchev–Trinajstić information content (AvgIpc) is 2.83. The molecule has 2 rings (SSSR count). The number of carbonyl (C=O) groups is 2. The van der Waals surface area contributed by atoms with Crippen molar-refractivity contribution in [3.8, 4) is 0 Å².